The van der Waals surface area contributed by atoms with E-state index in [4.69, 9.17) is 4.74 Å². The standard InChI is InChI=1S/C27H32N2O4/c1-3-23(30)17-19-5-9-21(10-6-19)26(31)28-13-15-29(16-14-28)27(32)22-11-7-20(8-12-22)18-25-24(4-2)33-25/h5-12,24-25H,3-4,13-18H2,1-2H3/t24-,25?/m0/s1. The van der Waals surface area contributed by atoms with Gasteiger partial charge in [-0.1, -0.05) is 38.1 Å². The second kappa shape index (κ2) is 10.3. The summed E-state index contributed by atoms with van der Waals surface area (Å²) in [4.78, 5) is 41.0. The summed E-state index contributed by atoms with van der Waals surface area (Å²) in [6.45, 7) is 6.04. The number of rotatable bonds is 8. The van der Waals surface area contributed by atoms with Crippen molar-refractivity contribution in [2.24, 2.45) is 0 Å². The van der Waals surface area contributed by atoms with Crippen molar-refractivity contribution in [3.63, 3.8) is 0 Å². The summed E-state index contributed by atoms with van der Waals surface area (Å²) in [6, 6.07) is 15.1. The van der Waals surface area contributed by atoms with Crippen molar-refractivity contribution in [3.8, 4) is 0 Å². The van der Waals surface area contributed by atoms with E-state index in [0.717, 1.165) is 18.4 Å². The smallest absolute Gasteiger partial charge is 0.253 e. The highest BCUT2D eigenvalue weighted by molar-refractivity contribution is 5.96. The van der Waals surface area contributed by atoms with Gasteiger partial charge in [-0.2, -0.15) is 0 Å². The lowest BCUT2D eigenvalue weighted by molar-refractivity contribution is -0.118. The molecule has 6 heteroatoms. The molecule has 174 valence electrons. The number of piperazine rings is 1. The highest BCUT2D eigenvalue weighted by atomic mass is 16.6. The lowest BCUT2D eigenvalue weighted by atomic mass is 10.0. The molecule has 2 heterocycles. The molecule has 0 aromatic heterocycles. The van der Waals surface area contributed by atoms with Crippen LogP contribution < -0.4 is 0 Å². The average molecular weight is 449 g/mol. The van der Waals surface area contributed by atoms with Crippen molar-refractivity contribution in [2.45, 2.75) is 51.7 Å². The Morgan fingerprint density at radius 3 is 1.67 bits per heavy atom. The van der Waals surface area contributed by atoms with Gasteiger partial charge in [0.05, 0.1) is 12.2 Å². The topological polar surface area (TPSA) is 70.2 Å². The Labute approximate surface area is 195 Å². The molecule has 2 saturated heterocycles. The third-order valence-corrected chi connectivity index (χ3v) is 6.58. The van der Waals surface area contributed by atoms with Crippen LogP contribution in [0.1, 0.15) is 58.5 Å². The van der Waals surface area contributed by atoms with Gasteiger partial charge >= 0.3 is 0 Å². The van der Waals surface area contributed by atoms with Gasteiger partial charge in [0.25, 0.3) is 11.8 Å². The highest BCUT2D eigenvalue weighted by Gasteiger charge is 2.36. The van der Waals surface area contributed by atoms with Gasteiger partial charge in [-0.15, -0.1) is 0 Å². The van der Waals surface area contributed by atoms with E-state index in [-0.39, 0.29) is 17.6 Å². The molecule has 0 bridgehead atoms. The number of hydrogen-bond acceptors (Lipinski definition) is 4. The van der Waals surface area contributed by atoms with E-state index in [0.29, 0.717) is 62.4 Å². The SMILES string of the molecule is CCC(=O)Cc1ccc(C(=O)N2CCN(C(=O)c3ccc(CC4O[C@H]4CC)cc3)CC2)cc1. The maximum atomic E-state index is 12.9. The Bertz CT molecular complexity index is 992. The van der Waals surface area contributed by atoms with Crippen LogP contribution >= 0.6 is 0 Å². The van der Waals surface area contributed by atoms with Gasteiger partial charge in [0, 0.05) is 56.6 Å². The molecular formula is C27H32N2O4. The van der Waals surface area contributed by atoms with Crippen molar-refractivity contribution in [1.29, 1.82) is 0 Å². The fraction of sp³-hybridized carbons (Fsp3) is 0.444. The molecule has 0 N–H and O–H groups in total. The average Bonchev–Trinajstić information content (AvgIpc) is 3.62. The Kier molecular flexibility index (Phi) is 7.23. The molecule has 2 atom stereocenters. The molecule has 33 heavy (non-hydrogen) atoms. The lowest BCUT2D eigenvalue weighted by Gasteiger charge is -2.35. The molecule has 1 unspecified atom stereocenters. The van der Waals surface area contributed by atoms with Crippen molar-refractivity contribution >= 4 is 17.6 Å². The second-order valence-electron chi connectivity index (χ2n) is 8.87. The summed E-state index contributed by atoms with van der Waals surface area (Å²) in [5, 5.41) is 0. The summed E-state index contributed by atoms with van der Waals surface area (Å²) < 4.78 is 5.61. The first-order chi connectivity index (χ1) is 16.0. The molecule has 2 aromatic rings. The molecule has 4 rings (SSSR count). The maximum Gasteiger partial charge on any atom is 0.253 e. The second-order valence-corrected chi connectivity index (χ2v) is 8.87. The first kappa shape index (κ1) is 23.2. The quantitative estimate of drug-likeness (QED) is 0.580. The number of epoxide rings is 1. The normalized spacial score (nSPS) is 19.9. The van der Waals surface area contributed by atoms with E-state index in [1.54, 1.807) is 17.0 Å². The number of carbonyl (C=O) groups excluding carboxylic acids is 3. The number of ketones is 1. The molecule has 2 fully saturated rings. The van der Waals surface area contributed by atoms with Gasteiger partial charge in [-0.3, -0.25) is 14.4 Å². The van der Waals surface area contributed by atoms with E-state index < -0.39 is 0 Å². The summed E-state index contributed by atoms with van der Waals surface area (Å²) in [6.07, 6.45) is 3.55. The zero-order valence-corrected chi connectivity index (χ0v) is 19.5. The van der Waals surface area contributed by atoms with Crippen molar-refractivity contribution in [1.82, 2.24) is 9.80 Å². The molecule has 2 amide bonds. The van der Waals surface area contributed by atoms with Crippen molar-refractivity contribution in [3.05, 3.63) is 70.8 Å². The van der Waals surface area contributed by atoms with Crippen LogP contribution in [0.15, 0.2) is 48.5 Å². The summed E-state index contributed by atoms with van der Waals surface area (Å²) >= 11 is 0. The first-order valence-corrected chi connectivity index (χ1v) is 11.9. The molecule has 0 spiro atoms. The molecule has 2 aliphatic heterocycles. The zero-order chi connectivity index (χ0) is 23.4. The number of ether oxygens (including phenoxy) is 1. The lowest BCUT2D eigenvalue weighted by Crippen LogP contribution is -2.50. The molecular weight excluding hydrogens is 416 g/mol. The number of hydrogen-bond donors (Lipinski definition) is 0. The number of benzene rings is 2. The van der Waals surface area contributed by atoms with Gasteiger partial charge in [0.1, 0.15) is 5.78 Å². The van der Waals surface area contributed by atoms with Crippen molar-refractivity contribution < 1.29 is 19.1 Å². The predicted molar refractivity (Wildman–Crippen MR) is 126 cm³/mol. The third kappa shape index (κ3) is 5.69. The monoisotopic (exact) mass is 448 g/mol. The number of carbonyl (C=O) groups is 3. The van der Waals surface area contributed by atoms with Crippen molar-refractivity contribution in [2.75, 3.05) is 26.2 Å². The van der Waals surface area contributed by atoms with Crippen LogP contribution in [0.2, 0.25) is 0 Å². The fourth-order valence-electron chi connectivity index (χ4n) is 4.33. The Morgan fingerprint density at radius 1 is 0.758 bits per heavy atom. The zero-order valence-electron chi connectivity index (χ0n) is 19.5. The Hall–Kier alpha value is -2.99. The van der Waals surface area contributed by atoms with Crippen LogP contribution in [0.3, 0.4) is 0 Å². The minimum atomic E-state index is -0.0347. The molecule has 0 aliphatic carbocycles. The van der Waals surface area contributed by atoms with E-state index in [2.05, 4.69) is 6.92 Å². The van der Waals surface area contributed by atoms with E-state index in [1.165, 1.54) is 5.56 Å². The molecule has 2 aromatic carbocycles. The Balaban J connectivity index is 1.28. The molecule has 2 aliphatic rings. The van der Waals surface area contributed by atoms with Gasteiger partial charge in [0.15, 0.2) is 0 Å². The van der Waals surface area contributed by atoms with Crippen LogP contribution in [0.5, 0.6) is 0 Å². The van der Waals surface area contributed by atoms with Crippen LogP contribution in [0, 0.1) is 0 Å². The maximum absolute atomic E-state index is 12.9. The van der Waals surface area contributed by atoms with E-state index >= 15 is 0 Å². The van der Waals surface area contributed by atoms with Crippen LogP contribution in [-0.2, 0) is 22.4 Å². The van der Waals surface area contributed by atoms with Gasteiger partial charge in [0.2, 0.25) is 0 Å². The third-order valence-electron chi connectivity index (χ3n) is 6.58. The largest absolute Gasteiger partial charge is 0.369 e. The summed E-state index contributed by atoms with van der Waals surface area (Å²) in [5.74, 6) is 0.159. The van der Waals surface area contributed by atoms with Crippen LogP contribution in [-0.4, -0.2) is 65.8 Å². The highest BCUT2D eigenvalue weighted by Crippen LogP contribution is 2.28. The van der Waals surface area contributed by atoms with Gasteiger partial charge in [-0.25, -0.2) is 0 Å². The number of nitrogens with zero attached hydrogens (tertiary/aromatic N) is 2. The van der Waals surface area contributed by atoms with Gasteiger partial charge < -0.3 is 14.5 Å². The number of Topliss-reactive ketones (excluding diaryl/α,β-unsaturated/α-hetero) is 1. The number of amides is 2. The van der Waals surface area contributed by atoms with Crippen LogP contribution in [0.4, 0.5) is 0 Å². The van der Waals surface area contributed by atoms with E-state index in [1.807, 2.05) is 48.2 Å². The minimum Gasteiger partial charge on any atom is -0.369 e. The molecule has 0 radical (unpaired) electrons. The molecule has 0 saturated carbocycles. The van der Waals surface area contributed by atoms with Crippen LogP contribution in [0.25, 0.3) is 0 Å². The Morgan fingerprint density at radius 2 is 1.24 bits per heavy atom. The minimum absolute atomic E-state index is 0.00713. The summed E-state index contributed by atoms with van der Waals surface area (Å²) in [5.41, 5.74) is 3.41. The predicted octanol–water partition coefficient (Wildman–Crippen LogP) is 3.53. The van der Waals surface area contributed by atoms with Gasteiger partial charge in [-0.05, 0) is 41.8 Å². The molecule has 6 nitrogen and oxygen atoms in total. The summed E-state index contributed by atoms with van der Waals surface area (Å²) in [7, 11) is 0. The fourth-order valence-corrected chi connectivity index (χ4v) is 4.33. The first-order valence-electron chi connectivity index (χ1n) is 11.9. The van der Waals surface area contributed by atoms with E-state index in [9.17, 15) is 14.4 Å².